The lowest BCUT2D eigenvalue weighted by Gasteiger charge is -2.21. The van der Waals surface area contributed by atoms with E-state index in [-0.39, 0.29) is 28.4 Å². The Bertz CT molecular complexity index is 1340. The number of carbonyl (C=O) groups excluding carboxylic acids is 1. The van der Waals surface area contributed by atoms with E-state index in [1.165, 1.54) is 55.5 Å². The molecule has 2 aromatic carbocycles. The monoisotopic (exact) mass is 512 g/mol. The number of hydrogen-bond acceptors (Lipinski definition) is 7. The predicted molar refractivity (Wildman–Crippen MR) is 122 cm³/mol. The van der Waals surface area contributed by atoms with Gasteiger partial charge in [0.15, 0.2) is 17.3 Å². The second kappa shape index (κ2) is 10.1. The Balaban J connectivity index is 2.22. The molecule has 3 rings (SSSR count). The first kappa shape index (κ1) is 26.2. The van der Waals surface area contributed by atoms with Crippen LogP contribution in [0.15, 0.2) is 48.8 Å². The van der Waals surface area contributed by atoms with E-state index in [0.29, 0.717) is 16.9 Å². The summed E-state index contributed by atoms with van der Waals surface area (Å²) >= 11 is 0. The van der Waals surface area contributed by atoms with Gasteiger partial charge in [-0.05, 0) is 43.5 Å². The van der Waals surface area contributed by atoms with Crippen LogP contribution in [0.1, 0.15) is 35.8 Å². The Morgan fingerprint density at radius 2 is 1.69 bits per heavy atom. The number of hydrogen-bond donors (Lipinski definition) is 1. The molecule has 0 saturated heterocycles. The Labute approximate surface area is 200 Å². The van der Waals surface area contributed by atoms with Crippen LogP contribution >= 0.6 is 0 Å². The van der Waals surface area contributed by atoms with Gasteiger partial charge in [0, 0.05) is 28.9 Å². The third-order valence-corrected chi connectivity index (χ3v) is 6.09. The topological polar surface area (TPSA) is 104 Å². The molecular weight excluding hydrogens is 489 g/mol. The SMILES string of the molecule is COc1cc2cncc(C(NS(=O)(=O)C(F)(F)F)C(=O)c3cccc(OC(C)C)c3)c2cc1OC. The minimum absolute atomic E-state index is 0.0597. The number of alkyl halides is 3. The number of pyridine rings is 1. The van der Waals surface area contributed by atoms with Crippen molar-refractivity contribution < 1.29 is 40.6 Å². The fourth-order valence-electron chi connectivity index (χ4n) is 3.39. The minimum atomic E-state index is -5.91. The molecule has 0 spiro atoms. The first-order valence-electron chi connectivity index (χ1n) is 10.3. The van der Waals surface area contributed by atoms with Crippen molar-refractivity contribution in [2.45, 2.75) is 31.5 Å². The van der Waals surface area contributed by atoms with Crippen molar-refractivity contribution in [3.05, 3.63) is 59.9 Å². The van der Waals surface area contributed by atoms with Crippen molar-refractivity contribution in [3.8, 4) is 17.2 Å². The summed E-state index contributed by atoms with van der Waals surface area (Å²) in [4.78, 5) is 17.5. The second-order valence-corrected chi connectivity index (χ2v) is 9.42. The number of nitrogens with zero attached hydrogens (tertiary/aromatic N) is 1. The molecule has 0 aliphatic rings. The quantitative estimate of drug-likeness (QED) is 0.424. The van der Waals surface area contributed by atoms with Crippen molar-refractivity contribution in [3.63, 3.8) is 0 Å². The molecular formula is C23H23F3N2O6S. The molecule has 188 valence electrons. The zero-order valence-corrected chi connectivity index (χ0v) is 20.0. The molecule has 3 aromatic rings. The minimum Gasteiger partial charge on any atom is -0.493 e. The van der Waals surface area contributed by atoms with Crippen LogP contribution in [0.25, 0.3) is 10.8 Å². The van der Waals surface area contributed by atoms with Crippen LogP contribution in [0.2, 0.25) is 0 Å². The number of ketones is 1. The zero-order chi connectivity index (χ0) is 26.0. The number of methoxy groups -OCH3 is 2. The molecule has 12 heteroatoms. The molecule has 0 saturated carbocycles. The Morgan fingerprint density at radius 1 is 1.03 bits per heavy atom. The van der Waals surface area contributed by atoms with E-state index < -0.39 is 27.4 Å². The van der Waals surface area contributed by atoms with Gasteiger partial charge < -0.3 is 14.2 Å². The van der Waals surface area contributed by atoms with Crippen molar-refractivity contribution >= 4 is 26.6 Å². The van der Waals surface area contributed by atoms with Gasteiger partial charge in [0.2, 0.25) is 0 Å². The number of benzene rings is 2. The van der Waals surface area contributed by atoms with Crippen molar-refractivity contribution in [2.75, 3.05) is 14.2 Å². The summed E-state index contributed by atoms with van der Waals surface area (Å²) in [7, 11) is -3.15. The van der Waals surface area contributed by atoms with E-state index in [1.54, 1.807) is 19.9 Å². The van der Waals surface area contributed by atoms with Gasteiger partial charge in [-0.3, -0.25) is 9.78 Å². The second-order valence-electron chi connectivity index (χ2n) is 7.72. The maximum atomic E-state index is 13.5. The number of Topliss-reactive ketones (excluding diaryl/α,β-unsaturated/α-hetero) is 1. The summed E-state index contributed by atoms with van der Waals surface area (Å²) in [6.45, 7) is 3.52. The van der Waals surface area contributed by atoms with E-state index >= 15 is 0 Å². The number of fused-ring (bicyclic) bond motifs is 1. The van der Waals surface area contributed by atoms with Gasteiger partial charge in [-0.2, -0.15) is 17.9 Å². The van der Waals surface area contributed by atoms with E-state index in [0.717, 1.165) is 6.20 Å². The first-order chi connectivity index (χ1) is 16.4. The molecule has 1 atom stereocenters. The summed E-state index contributed by atoms with van der Waals surface area (Å²) in [6.07, 6.45) is 2.30. The van der Waals surface area contributed by atoms with Gasteiger partial charge in [0.25, 0.3) is 0 Å². The highest BCUT2D eigenvalue weighted by molar-refractivity contribution is 7.90. The zero-order valence-electron chi connectivity index (χ0n) is 19.2. The van der Waals surface area contributed by atoms with Gasteiger partial charge in [0.05, 0.1) is 20.3 Å². The highest BCUT2D eigenvalue weighted by Crippen LogP contribution is 2.36. The van der Waals surface area contributed by atoms with Crippen LogP contribution in [-0.2, 0) is 10.0 Å². The van der Waals surface area contributed by atoms with Crippen LogP contribution in [0.5, 0.6) is 17.2 Å². The van der Waals surface area contributed by atoms with E-state index in [4.69, 9.17) is 14.2 Å². The molecule has 1 aromatic heterocycles. The largest absolute Gasteiger partial charge is 0.511 e. The number of ether oxygens (including phenoxy) is 3. The molecule has 0 aliphatic heterocycles. The average Bonchev–Trinajstić information content (AvgIpc) is 2.79. The summed E-state index contributed by atoms with van der Waals surface area (Å²) in [5.74, 6) is -0.0947. The molecule has 8 nitrogen and oxygen atoms in total. The number of aromatic nitrogens is 1. The van der Waals surface area contributed by atoms with Crippen LogP contribution in [0.4, 0.5) is 13.2 Å². The van der Waals surface area contributed by atoms with Gasteiger partial charge in [0.1, 0.15) is 11.8 Å². The normalized spacial score (nSPS) is 13.0. The number of halogens is 3. The van der Waals surface area contributed by atoms with Crippen LogP contribution < -0.4 is 18.9 Å². The summed E-state index contributed by atoms with van der Waals surface area (Å²) in [5, 5.41) is 0.636. The molecule has 35 heavy (non-hydrogen) atoms. The molecule has 0 amide bonds. The smallest absolute Gasteiger partial charge is 0.493 e. The van der Waals surface area contributed by atoms with E-state index in [1.807, 2.05) is 0 Å². The predicted octanol–water partition coefficient (Wildman–Crippen LogP) is 4.40. The summed E-state index contributed by atoms with van der Waals surface area (Å²) in [6, 6.07) is 6.74. The maximum absolute atomic E-state index is 13.5. The standard InChI is InChI=1S/C23H23F3N2O6S/c1-13(2)34-16-7-5-6-14(8-16)22(29)21(28-35(30,31)23(24,25)26)18-12-27-11-15-9-19(32-3)20(33-4)10-17(15)18/h5-13,21,28H,1-4H3. The number of nitrogens with one attached hydrogen (secondary N) is 1. The van der Waals surface area contributed by atoms with Gasteiger partial charge >= 0.3 is 15.5 Å². The van der Waals surface area contributed by atoms with E-state index in [9.17, 15) is 26.4 Å². The van der Waals surface area contributed by atoms with Crippen LogP contribution in [0, 0.1) is 0 Å². The van der Waals surface area contributed by atoms with Crippen LogP contribution in [-0.4, -0.2) is 45.0 Å². The third kappa shape index (κ3) is 5.65. The highest BCUT2D eigenvalue weighted by Gasteiger charge is 2.48. The molecule has 1 unspecified atom stereocenters. The molecule has 0 bridgehead atoms. The fourth-order valence-corrected chi connectivity index (χ4v) is 4.07. The van der Waals surface area contributed by atoms with Gasteiger partial charge in [-0.25, -0.2) is 8.42 Å². The molecule has 1 heterocycles. The van der Waals surface area contributed by atoms with Crippen molar-refractivity contribution in [1.82, 2.24) is 9.71 Å². The lowest BCUT2D eigenvalue weighted by atomic mass is 9.95. The summed E-state index contributed by atoms with van der Waals surface area (Å²) in [5.41, 5.74) is -5.81. The average molecular weight is 513 g/mol. The maximum Gasteiger partial charge on any atom is 0.511 e. The number of rotatable bonds is 9. The third-order valence-electron chi connectivity index (χ3n) is 4.94. The molecule has 0 radical (unpaired) electrons. The van der Waals surface area contributed by atoms with Gasteiger partial charge in [-0.1, -0.05) is 12.1 Å². The number of sulfonamides is 1. The Hall–Kier alpha value is -3.38. The van der Waals surface area contributed by atoms with E-state index in [2.05, 4.69) is 4.98 Å². The summed E-state index contributed by atoms with van der Waals surface area (Å²) < 4.78 is 81.5. The van der Waals surface area contributed by atoms with Crippen molar-refractivity contribution in [2.24, 2.45) is 0 Å². The van der Waals surface area contributed by atoms with Crippen LogP contribution in [0.3, 0.4) is 0 Å². The molecule has 0 fully saturated rings. The lowest BCUT2D eigenvalue weighted by molar-refractivity contribution is -0.0449. The molecule has 0 aliphatic carbocycles. The Morgan fingerprint density at radius 3 is 2.29 bits per heavy atom. The van der Waals surface area contributed by atoms with Gasteiger partial charge in [-0.15, -0.1) is 0 Å². The first-order valence-corrected chi connectivity index (χ1v) is 11.8. The highest BCUT2D eigenvalue weighted by atomic mass is 32.2. The lowest BCUT2D eigenvalue weighted by Crippen LogP contribution is -2.41. The number of carbonyl (C=O) groups is 1. The fraction of sp³-hybridized carbons (Fsp3) is 0.304. The van der Waals surface area contributed by atoms with Crippen molar-refractivity contribution in [1.29, 1.82) is 0 Å². The Kier molecular flexibility index (Phi) is 7.56. The molecule has 1 N–H and O–H groups in total.